The molecule has 3 heteroatoms. The molecule has 0 spiro atoms. The number of rotatable bonds is 1. The molecule has 0 aliphatic heterocycles. The normalized spacial score (nSPS) is 10.7. The predicted molar refractivity (Wildman–Crippen MR) is 55.4 cm³/mol. The summed E-state index contributed by atoms with van der Waals surface area (Å²) in [5.41, 5.74) is 8.88. The zero-order valence-electron chi connectivity index (χ0n) is 8.24. The maximum atomic E-state index is 11.3. The van der Waals surface area contributed by atoms with Gasteiger partial charge in [-0.2, -0.15) is 0 Å². The van der Waals surface area contributed by atoms with Crippen LogP contribution in [-0.2, 0) is 0 Å². The molecule has 0 aliphatic rings. The van der Waals surface area contributed by atoms with Gasteiger partial charge in [0.05, 0.1) is 11.1 Å². The average molecular weight is 188 g/mol. The number of nitrogens with zero attached hydrogens (tertiary/aromatic N) is 1. The van der Waals surface area contributed by atoms with Gasteiger partial charge in [-0.15, -0.1) is 0 Å². The Morgan fingerprint density at radius 1 is 1.36 bits per heavy atom. The monoisotopic (exact) mass is 188 g/mol. The lowest BCUT2D eigenvalue weighted by Crippen LogP contribution is -2.11. The molecule has 2 aromatic heterocycles. The third-order valence-corrected chi connectivity index (χ3v) is 2.64. The number of nitrogens with two attached hydrogens (primary N) is 1. The number of carbonyl (C=O) groups excluding carboxylic acids is 1. The van der Waals surface area contributed by atoms with Crippen molar-refractivity contribution < 1.29 is 4.79 Å². The van der Waals surface area contributed by atoms with Gasteiger partial charge in [-0.05, 0) is 31.5 Å². The number of amides is 1. The molecule has 0 unspecified atom stereocenters. The van der Waals surface area contributed by atoms with Crippen LogP contribution in [0.5, 0.6) is 0 Å². The molecule has 2 N–H and O–H groups in total. The topological polar surface area (TPSA) is 47.5 Å². The highest BCUT2D eigenvalue weighted by Crippen LogP contribution is 2.21. The van der Waals surface area contributed by atoms with Crippen LogP contribution in [0.15, 0.2) is 24.4 Å². The smallest absolute Gasteiger partial charge is 0.251 e. The Morgan fingerprint density at radius 3 is 2.71 bits per heavy atom. The Bertz CT molecular complexity index is 511. The van der Waals surface area contributed by atoms with Crippen LogP contribution >= 0.6 is 0 Å². The number of carbonyl (C=O) groups is 1. The first-order valence-corrected chi connectivity index (χ1v) is 4.49. The number of aromatic nitrogens is 1. The van der Waals surface area contributed by atoms with Crippen molar-refractivity contribution in [2.45, 2.75) is 13.8 Å². The maximum absolute atomic E-state index is 11.3. The van der Waals surface area contributed by atoms with Crippen molar-refractivity contribution >= 4 is 11.4 Å². The van der Waals surface area contributed by atoms with Gasteiger partial charge < -0.3 is 10.1 Å². The highest BCUT2D eigenvalue weighted by atomic mass is 16.1. The lowest BCUT2D eigenvalue weighted by atomic mass is 10.1. The molecule has 3 nitrogen and oxygen atoms in total. The molecule has 14 heavy (non-hydrogen) atoms. The molecule has 0 atom stereocenters. The van der Waals surface area contributed by atoms with Gasteiger partial charge in [0.25, 0.3) is 5.91 Å². The van der Waals surface area contributed by atoms with Crippen molar-refractivity contribution in [2.24, 2.45) is 5.73 Å². The van der Waals surface area contributed by atoms with Crippen LogP contribution in [0, 0.1) is 13.8 Å². The van der Waals surface area contributed by atoms with Crippen LogP contribution in [0.1, 0.15) is 21.6 Å². The largest absolute Gasteiger partial charge is 0.366 e. The molecule has 0 bridgehead atoms. The Balaban J connectivity index is 2.95. The molecule has 0 radical (unpaired) electrons. The van der Waals surface area contributed by atoms with Gasteiger partial charge in [0.15, 0.2) is 0 Å². The van der Waals surface area contributed by atoms with Crippen LogP contribution in [0.2, 0.25) is 0 Å². The van der Waals surface area contributed by atoms with E-state index in [1.54, 1.807) is 0 Å². The first-order valence-electron chi connectivity index (χ1n) is 4.49. The van der Waals surface area contributed by atoms with Crippen molar-refractivity contribution in [3.8, 4) is 0 Å². The second-order valence-electron chi connectivity index (χ2n) is 3.41. The van der Waals surface area contributed by atoms with Crippen molar-refractivity contribution in [3.05, 3.63) is 41.2 Å². The summed E-state index contributed by atoms with van der Waals surface area (Å²) >= 11 is 0. The molecule has 0 aliphatic carbocycles. The molecule has 0 saturated carbocycles. The summed E-state index contributed by atoms with van der Waals surface area (Å²) in [6.07, 6.45) is 1.93. The summed E-state index contributed by atoms with van der Waals surface area (Å²) in [5, 5.41) is 0. The van der Waals surface area contributed by atoms with Gasteiger partial charge in [-0.1, -0.05) is 6.07 Å². The number of hydrogen-bond donors (Lipinski definition) is 1. The second-order valence-corrected chi connectivity index (χ2v) is 3.41. The number of pyridine rings is 1. The quantitative estimate of drug-likeness (QED) is 0.726. The molecular formula is C11H12N2O. The van der Waals surface area contributed by atoms with E-state index in [4.69, 9.17) is 5.73 Å². The van der Waals surface area contributed by atoms with Crippen LogP contribution < -0.4 is 5.73 Å². The molecule has 0 saturated heterocycles. The zero-order valence-corrected chi connectivity index (χ0v) is 8.24. The minimum absolute atomic E-state index is 0.362. The van der Waals surface area contributed by atoms with E-state index < -0.39 is 0 Å². The third-order valence-electron chi connectivity index (χ3n) is 2.64. The van der Waals surface area contributed by atoms with Crippen LogP contribution in [0.3, 0.4) is 0 Å². The first-order chi connectivity index (χ1) is 6.63. The fourth-order valence-corrected chi connectivity index (χ4v) is 1.80. The molecule has 2 aromatic rings. The summed E-state index contributed by atoms with van der Waals surface area (Å²) in [4.78, 5) is 11.3. The Labute approximate surface area is 82.1 Å². The van der Waals surface area contributed by atoms with Gasteiger partial charge in [0, 0.05) is 11.9 Å². The fourth-order valence-electron chi connectivity index (χ4n) is 1.80. The number of aryl methyl sites for hydroxylation is 1. The molecular weight excluding hydrogens is 176 g/mol. The summed E-state index contributed by atoms with van der Waals surface area (Å²) in [6.45, 7) is 3.90. The van der Waals surface area contributed by atoms with Crippen LogP contribution in [0.25, 0.3) is 5.52 Å². The fraction of sp³-hybridized carbons (Fsp3) is 0.182. The highest BCUT2D eigenvalue weighted by Gasteiger charge is 2.15. The second kappa shape index (κ2) is 2.87. The summed E-state index contributed by atoms with van der Waals surface area (Å²) in [7, 11) is 0. The Hall–Kier alpha value is -1.77. The first kappa shape index (κ1) is 8.81. The third kappa shape index (κ3) is 1.02. The predicted octanol–water partition coefficient (Wildman–Crippen LogP) is 1.66. The standard InChI is InChI=1S/C11H12N2O/c1-7-8(2)13-6-4-3-5-9(13)10(7)11(12)14/h3-6H,1-2H3,(H2,12,14). The molecule has 2 heterocycles. The van der Waals surface area contributed by atoms with E-state index in [0.717, 1.165) is 16.8 Å². The van der Waals surface area contributed by atoms with E-state index in [0.29, 0.717) is 5.56 Å². The molecule has 0 fully saturated rings. The number of primary amides is 1. The summed E-state index contributed by atoms with van der Waals surface area (Å²) in [6, 6.07) is 5.74. The summed E-state index contributed by atoms with van der Waals surface area (Å²) < 4.78 is 1.98. The molecule has 2 rings (SSSR count). The van der Waals surface area contributed by atoms with E-state index in [2.05, 4.69) is 0 Å². The highest BCUT2D eigenvalue weighted by molar-refractivity contribution is 6.02. The minimum Gasteiger partial charge on any atom is -0.366 e. The van der Waals surface area contributed by atoms with Gasteiger partial charge in [0.2, 0.25) is 0 Å². The van der Waals surface area contributed by atoms with E-state index in [1.165, 1.54) is 0 Å². The van der Waals surface area contributed by atoms with Gasteiger partial charge >= 0.3 is 0 Å². The van der Waals surface area contributed by atoms with Crippen molar-refractivity contribution in [2.75, 3.05) is 0 Å². The molecule has 1 amide bonds. The van der Waals surface area contributed by atoms with Crippen LogP contribution in [0.4, 0.5) is 0 Å². The minimum atomic E-state index is -0.362. The SMILES string of the molecule is Cc1c(C(N)=O)c2ccccn2c1C. The van der Waals surface area contributed by atoms with Crippen molar-refractivity contribution in [1.29, 1.82) is 0 Å². The maximum Gasteiger partial charge on any atom is 0.251 e. The molecule has 72 valence electrons. The lowest BCUT2D eigenvalue weighted by molar-refractivity contribution is 0.100. The Kier molecular flexibility index (Phi) is 1.81. The van der Waals surface area contributed by atoms with Gasteiger partial charge in [-0.25, -0.2) is 0 Å². The Morgan fingerprint density at radius 2 is 2.07 bits per heavy atom. The number of hydrogen-bond acceptors (Lipinski definition) is 1. The van der Waals surface area contributed by atoms with E-state index in [-0.39, 0.29) is 5.91 Å². The van der Waals surface area contributed by atoms with Gasteiger partial charge in [0.1, 0.15) is 0 Å². The zero-order chi connectivity index (χ0) is 10.3. The molecule has 0 aromatic carbocycles. The van der Waals surface area contributed by atoms with E-state index in [9.17, 15) is 4.79 Å². The van der Waals surface area contributed by atoms with E-state index >= 15 is 0 Å². The van der Waals surface area contributed by atoms with Gasteiger partial charge in [-0.3, -0.25) is 4.79 Å². The average Bonchev–Trinajstić information content (AvgIpc) is 2.41. The van der Waals surface area contributed by atoms with Crippen molar-refractivity contribution in [3.63, 3.8) is 0 Å². The lowest BCUT2D eigenvalue weighted by Gasteiger charge is -1.96. The number of fused-ring (bicyclic) bond motifs is 1. The van der Waals surface area contributed by atoms with Crippen LogP contribution in [-0.4, -0.2) is 10.3 Å². The summed E-state index contributed by atoms with van der Waals surface area (Å²) in [5.74, 6) is -0.362. The van der Waals surface area contributed by atoms with Crippen molar-refractivity contribution in [1.82, 2.24) is 4.40 Å². The van der Waals surface area contributed by atoms with E-state index in [1.807, 2.05) is 42.6 Å².